The first-order chi connectivity index (χ1) is 7.99. The van der Waals surface area contributed by atoms with Crippen molar-refractivity contribution < 1.29 is 8.78 Å². The quantitative estimate of drug-likeness (QED) is 0.867. The average Bonchev–Trinajstić information content (AvgIpc) is 2.61. The third-order valence-electron chi connectivity index (χ3n) is 2.66. The van der Waals surface area contributed by atoms with Crippen LogP contribution in [0, 0.1) is 25.5 Å². The number of hydrogen-bond donors (Lipinski definition) is 1. The molecule has 0 saturated heterocycles. The molecule has 90 valence electrons. The molecule has 0 bridgehead atoms. The van der Waals surface area contributed by atoms with Crippen molar-refractivity contribution in [3.8, 4) is 0 Å². The Morgan fingerprint density at radius 2 is 1.82 bits per heavy atom. The van der Waals surface area contributed by atoms with E-state index >= 15 is 0 Å². The van der Waals surface area contributed by atoms with Crippen LogP contribution in [0.2, 0.25) is 0 Å². The second-order valence-corrected chi connectivity index (χ2v) is 5.34. The predicted octanol–water partition coefficient (Wildman–Crippen LogP) is 3.69. The van der Waals surface area contributed by atoms with Gasteiger partial charge in [0.05, 0.1) is 6.04 Å². The van der Waals surface area contributed by atoms with E-state index in [-0.39, 0.29) is 0 Å². The first-order valence-electron chi connectivity index (χ1n) is 5.26. The minimum absolute atomic E-state index is 0.399. The summed E-state index contributed by atoms with van der Waals surface area (Å²) in [7, 11) is 0. The molecule has 0 aliphatic heterocycles. The number of hydrogen-bond acceptors (Lipinski definition) is 2. The van der Waals surface area contributed by atoms with Crippen LogP contribution in [0.15, 0.2) is 24.3 Å². The van der Waals surface area contributed by atoms with Crippen molar-refractivity contribution in [1.82, 2.24) is 0 Å². The first-order valence-corrected chi connectivity index (χ1v) is 6.08. The maximum absolute atomic E-state index is 13.1. The summed E-state index contributed by atoms with van der Waals surface area (Å²) in [4.78, 5) is 2.16. The van der Waals surface area contributed by atoms with Crippen molar-refractivity contribution in [3.63, 3.8) is 0 Å². The monoisotopic (exact) mass is 253 g/mol. The highest BCUT2D eigenvalue weighted by molar-refractivity contribution is 7.12. The second-order valence-electron chi connectivity index (χ2n) is 4.06. The fraction of sp³-hybridized carbons (Fsp3) is 0.231. The lowest BCUT2D eigenvalue weighted by molar-refractivity contribution is 0.506. The van der Waals surface area contributed by atoms with Crippen molar-refractivity contribution in [1.29, 1.82) is 0 Å². The lowest BCUT2D eigenvalue weighted by atomic mass is 10.0. The molecular weight excluding hydrogens is 240 g/mol. The molecule has 1 aromatic heterocycles. The van der Waals surface area contributed by atoms with Crippen molar-refractivity contribution in [3.05, 3.63) is 56.8 Å². The molecule has 0 aliphatic rings. The van der Waals surface area contributed by atoms with Gasteiger partial charge in [-0.25, -0.2) is 8.78 Å². The SMILES string of the molecule is Cc1cc(C)c(C(N)c2ccc(F)c(F)c2)s1. The van der Waals surface area contributed by atoms with Gasteiger partial charge in [0.1, 0.15) is 0 Å². The first kappa shape index (κ1) is 12.2. The van der Waals surface area contributed by atoms with Crippen molar-refractivity contribution >= 4 is 11.3 Å². The largest absolute Gasteiger partial charge is 0.320 e. The van der Waals surface area contributed by atoms with Gasteiger partial charge in [0.2, 0.25) is 0 Å². The smallest absolute Gasteiger partial charge is 0.159 e. The van der Waals surface area contributed by atoms with E-state index in [1.54, 1.807) is 11.3 Å². The van der Waals surface area contributed by atoms with Gasteiger partial charge in [0.15, 0.2) is 11.6 Å². The summed E-state index contributed by atoms with van der Waals surface area (Å²) in [6.07, 6.45) is 0. The van der Waals surface area contributed by atoms with Crippen LogP contribution in [0.3, 0.4) is 0 Å². The van der Waals surface area contributed by atoms with E-state index in [1.807, 2.05) is 19.9 Å². The molecule has 0 aliphatic carbocycles. The number of halogens is 2. The molecule has 1 nitrogen and oxygen atoms in total. The van der Waals surface area contributed by atoms with Gasteiger partial charge in [0.25, 0.3) is 0 Å². The molecule has 1 aromatic carbocycles. The summed E-state index contributed by atoms with van der Waals surface area (Å²) >= 11 is 1.59. The Morgan fingerprint density at radius 3 is 2.35 bits per heavy atom. The third-order valence-corrected chi connectivity index (χ3v) is 3.90. The van der Waals surface area contributed by atoms with Crippen LogP contribution in [-0.4, -0.2) is 0 Å². The molecule has 1 atom stereocenters. The van der Waals surface area contributed by atoms with Crippen LogP contribution < -0.4 is 5.73 Å². The molecule has 0 fully saturated rings. The topological polar surface area (TPSA) is 26.0 Å². The van der Waals surface area contributed by atoms with Gasteiger partial charge < -0.3 is 5.73 Å². The minimum atomic E-state index is -0.858. The molecule has 1 unspecified atom stereocenters. The molecule has 17 heavy (non-hydrogen) atoms. The highest BCUT2D eigenvalue weighted by Gasteiger charge is 2.15. The van der Waals surface area contributed by atoms with Crippen LogP contribution in [-0.2, 0) is 0 Å². The number of benzene rings is 1. The lowest BCUT2D eigenvalue weighted by Gasteiger charge is -2.11. The molecule has 1 heterocycles. The fourth-order valence-corrected chi connectivity index (χ4v) is 2.89. The van der Waals surface area contributed by atoms with E-state index in [4.69, 9.17) is 5.73 Å². The molecule has 0 radical (unpaired) electrons. The van der Waals surface area contributed by atoms with Crippen molar-refractivity contribution in [2.24, 2.45) is 5.73 Å². The normalized spacial score (nSPS) is 12.8. The summed E-state index contributed by atoms with van der Waals surface area (Å²) in [5.41, 5.74) is 7.75. The molecule has 4 heteroatoms. The number of thiophene rings is 1. The minimum Gasteiger partial charge on any atom is -0.320 e. The van der Waals surface area contributed by atoms with E-state index < -0.39 is 17.7 Å². The maximum Gasteiger partial charge on any atom is 0.159 e. The van der Waals surface area contributed by atoms with Crippen molar-refractivity contribution in [2.45, 2.75) is 19.9 Å². The average molecular weight is 253 g/mol. The lowest BCUT2D eigenvalue weighted by Crippen LogP contribution is -2.11. The van der Waals surface area contributed by atoms with Gasteiger partial charge in [-0.05, 0) is 43.2 Å². The van der Waals surface area contributed by atoms with Crippen LogP contribution in [0.25, 0.3) is 0 Å². The van der Waals surface area contributed by atoms with E-state index in [0.29, 0.717) is 5.56 Å². The van der Waals surface area contributed by atoms with E-state index in [1.165, 1.54) is 6.07 Å². The van der Waals surface area contributed by atoms with Crippen LogP contribution in [0.1, 0.15) is 26.9 Å². The van der Waals surface area contributed by atoms with Crippen LogP contribution in [0.5, 0.6) is 0 Å². The molecular formula is C13H13F2NS. The Kier molecular flexibility index (Phi) is 3.26. The third kappa shape index (κ3) is 2.37. The van der Waals surface area contributed by atoms with Gasteiger partial charge >= 0.3 is 0 Å². The second kappa shape index (κ2) is 4.55. The van der Waals surface area contributed by atoms with Crippen LogP contribution in [0.4, 0.5) is 8.78 Å². The summed E-state index contributed by atoms with van der Waals surface area (Å²) in [6, 6.07) is 5.44. The Hall–Kier alpha value is -1.26. The summed E-state index contributed by atoms with van der Waals surface area (Å²) in [5, 5.41) is 0. The Morgan fingerprint density at radius 1 is 1.12 bits per heavy atom. The summed E-state index contributed by atoms with van der Waals surface area (Å²) < 4.78 is 26.0. The molecule has 0 spiro atoms. The van der Waals surface area contributed by atoms with Gasteiger partial charge in [0, 0.05) is 9.75 Å². The number of rotatable bonds is 2. The zero-order valence-electron chi connectivity index (χ0n) is 9.63. The van der Waals surface area contributed by atoms with Gasteiger partial charge in [-0.15, -0.1) is 11.3 Å². The van der Waals surface area contributed by atoms with Crippen molar-refractivity contribution in [2.75, 3.05) is 0 Å². The van der Waals surface area contributed by atoms with Gasteiger partial charge in [-0.1, -0.05) is 6.07 Å². The standard InChI is InChI=1S/C13H13F2NS/c1-7-5-8(2)17-13(7)12(16)9-3-4-10(14)11(15)6-9/h3-6,12H,16H2,1-2H3. The van der Waals surface area contributed by atoms with Gasteiger partial charge in [-0.3, -0.25) is 0 Å². The number of aryl methyl sites for hydroxylation is 2. The van der Waals surface area contributed by atoms with Crippen LogP contribution >= 0.6 is 11.3 Å². The van der Waals surface area contributed by atoms with E-state index in [0.717, 1.165) is 27.5 Å². The Labute approximate surface area is 103 Å². The fourth-order valence-electron chi connectivity index (χ4n) is 1.83. The highest BCUT2D eigenvalue weighted by Crippen LogP contribution is 2.30. The predicted molar refractivity (Wildman–Crippen MR) is 66.2 cm³/mol. The summed E-state index contributed by atoms with van der Waals surface area (Å²) in [6.45, 7) is 3.97. The molecule has 0 amide bonds. The summed E-state index contributed by atoms with van der Waals surface area (Å²) in [5.74, 6) is -1.70. The molecule has 2 N–H and O–H groups in total. The molecule has 0 saturated carbocycles. The Balaban J connectivity index is 2.40. The Bertz CT molecular complexity index is 548. The van der Waals surface area contributed by atoms with Gasteiger partial charge in [-0.2, -0.15) is 0 Å². The van der Waals surface area contributed by atoms with E-state index in [9.17, 15) is 8.78 Å². The van der Waals surface area contributed by atoms with E-state index in [2.05, 4.69) is 0 Å². The highest BCUT2D eigenvalue weighted by atomic mass is 32.1. The number of nitrogens with two attached hydrogens (primary N) is 1. The zero-order valence-corrected chi connectivity index (χ0v) is 10.4. The molecule has 2 aromatic rings. The maximum atomic E-state index is 13.1. The molecule has 2 rings (SSSR count). The zero-order chi connectivity index (χ0) is 12.6.